The molecular formula is C26H23ClN8O2. The van der Waals surface area contributed by atoms with Gasteiger partial charge >= 0.3 is 0 Å². The fraction of sp³-hybridized carbons (Fsp3) is 0.192. The van der Waals surface area contributed by atoms with Crippen molar-refractivity contribution in [1.82, 2.24) is 29.5 Å². The van der Waals surface area contributed by atoms with Crippen molar-refractivity contribution < 1.29 is 4.74 Å². The summed E-state index contributed by atoms with van der Waals surface area (Å²) in [6.07, 6.45) is 3.64. The van der Waals surface area contributed by atoms with Crippen molar-refractivity contribution in [3.05, 3.63) is 88.7 Å². The number of aromatic amines is 1. The molecule has 1 aliphatic rings. The molecule has 0 spiro atoms. The van der Waals surface area contributed by atoms with Crippen LogP contribution < -0.4 is 16.2 Å². The molecule has 3 aromatic heterocycles. The fourth-order valence-electron chi connectivity index (χ4n) is 4.90. The number of hydrogen-bond donors (Lipinski definition) is 2. The van der Waals surface area contributed by atoms with E-state index in [-0.39, 0.29) is 23.7 Å². The summed E-state index contributed by atoms with van der Waals surface area (Å²) >= 11 is 6.47. The van der Waals surface area contributed by atoms with Crippen molar-refractivity contribution in [3.63, 3.8) is 0 Å². The summed E-state index contributed by atoms with van der Waals surface area (Å²) in [4.78, 5) is 37.2. The van der Waals surface area contributed by atoms with Crippen LogP contribution in [0.2, 0.25) is 5.02 Å². The smallest absolute Gasteiger partial charge is 0.267 e. The maximum atomic E-state index is 14.0. The number of ether oxygens (including phenoxy) is 1. The number of rotatable bonds is 6. The van der Waals surface area contributed by atoms with Crippen molar-refractivity contribution >= 4 is 45.4 Å². The summed E-state index contributed by atoms with van der Waals surface area (Å²) < 4.78 is 7.69. The van der Waals surface area contributed by atoms with E-state index in [9.17, 15) is 4.79 Å². The third kappa shape index (κ3) is 4.00. The van der Waals surface area contributed by atoms with Crippen LogP contribution in [0.25, 0.3) is 27.8 Å². The van der Waals surface area contributed by atoms with Gasteiger partial charge in [0.05, 0.1) is 46.7 Å². The van der Waals surface area contributed by atoms with Gasteiger partial charge in [0.1, 0.15) is 11.3 Å². The highest BCUT2D eigenvalue weighted by Crippen LogP contribution is 2.39. The van der Waals surface area contributed by atoms with Crippen LogP contribution in [-0.2, 0) is 4.74 Å². The van der Waals surface area contributed by atoms with Gasteiger partial charge in [-0.15, -0.1) is 6.58 Å². The quantitative estimate of drug-likeness (QED) is 0.327. The van der Waals surface area contributed by atoms with E-state index in [1.165, 1.54) is 0 Å². The largest absolute Gasteiger partial charge is 0.372 e. The van der Waals surface area contributed by atoms with Gasteiger partial charge in [-0.05, 0) is 24.3 Å². The van der Waals surface area contributed by atoms with Crippen LogP contribution in [-0.4, -0.2) is 48.7 Å². The van der Waals surface area contributed by atoms with E-state index in [4.69, 9.17) is 27.1 Å². The number of fused-ring (bicyclic) bond motifs is 2. The zero-order chi connectivity index (χ0) is 25.5. The highest BCUT2D eigenvalue weighted by molar-refractivity contribution is 6.35. The standard InChI is InChI=1S/C26H23ClN8O2/c1-2-11-37-16-12-19(34(13-16)24-21-22(30-14-29-21)32-26(28)33-24)23-31-18-10-6-9-17(27)20(18)25(36)35(23)15-7-4-3-5-8-15/h2-10,14,16,19H,1,11-13H2,(H3,28,29,30,32,33)/t16-,19+/m1/s1. The van der Waals surface area contributed by atoms with Gasteiger partial charge in [-0.3, -0.25) is 9.36 Å². The van der Waals surface area contributed by atoms with Crippen molar-refractivity contribution in [3.8, 4) is 5.69 Å². The molecule has 0 amide bonds. The molecule has 0 saturated carbocycles. The minimum Gasteiger partial charge on any atom is -0.372 e. The zero-order valence-electron chi connectivity index (χ0n) is 19.7. The number of nitrogens with zero attached hydrogens (tertiary/aromatic N) is 6. The van der Waals surface area contributed by atoms with E-state index in [0.29, 0.717) is 64.0 Å². The highest BCUT2D eigenvalue weighted by atomic mass is 35.5. The number of nitrogens with one attached hydrogen (secondary N) is 1. The molecule has 37 heavy (non-hydrogen) atoms. The molecule has 0 radical (unpaired) electrons. The fourth-order valence-corrected chi connectivity index (χ4v) is 5.15. The molecular weight excluding hydrogens is 492 g/mol. The zero-order valence-corrected chi connectivity index (χ0v) is 20.5. The molecule has 186 valence electrons. The Morgan fingerprint density at radius 1 is 1.16 bits per heavy atom. The normalized spacial score (nSPS) is 17.6. The Morgan fingerprint density at radius 2 is 2.00 bits per heavy atom. The third-order valence-corrected chi connectivity index (χ3v) is 6.77. The van der Waals surface area contributed by atoms with Crippen LogP contribution in [0.4, 0.5) is 11.8 Å². The number of hydrogen-bond acceptors (Lipinski definition) is 8. The number of aromatic nitrogens is 6. The molecule has 0 unspecified atom stereocenters. The molecule has 1 fully saturated rings. The third-order valence-electron chi connectivity index (χ3n) is 6.45. The Kier molecular flexibility index (Phi) is 5.82. The minimum atomic E-state index is -0.382. The molecule has 3 N–H and O–H groups in total. The first-order chi connectivity index (χ1) is 18.0. The first-order valence-electron chi connectivity index (χ1n) is 11.8. The summed E-state index contributed by atoms with van der Waals surface area (Å²) in [6.45, 7) is 4.65. The average Bonchev–Trinajstić information content (AvgIpc) is 3.54. The van der Waals surface area contributed by atoms with E-state index in [0.717, 1.165) is 0 Å². The summed E-state index contributed by atoms with van der Waals surface area (Å²) in [7, 11) is 0. The molecule has 1 aliphatic heterocycles. The predicted octanol–water partition coefficient (Wildman–Crippen LogP) is 3.81. The van der Waals surface area contributed by atoms with Crippen molar-refractivity contribution in [1.29, 1.82) is 0 Å². The lowest BCUT2D eigenvalue weighted by Gasteiger charge is -2.27. The topological polar surface area (TPSA) is 128 Å². The summed E-state index contributed by atoms with van der Waals surface area (Å²) in [6, 6.07) is 14.3. The molecule has 5 aromatic rings. The second-order valence-electron chi connectivity index (χ2n) is 8.73. The van der Waals surface area contributed by atoms with Crippen molar-refractivity contribution in [2.24, 2.45) is 0 Å². The lowest BCUT2D eigenvalue weighted by Crippen LogP contribution is -2.32. The SMILES string of the molecule is C=CCO[C@@H]1C[C@@H](c2nc3cccc(Cl)c3c(=O)n2-c2ccccc2)N(c2nc(N)nc3nc[nH]c23)C1. The van der Waals surface area contributed by atoms with E-state index >= 15 is 0 Å². The minimum absolute atomic E-state index is 0.0995. The van der Waals surface area contributed by atoms with E-state index in [2.05, 4.69) is 26.5 Å². The van der Waals surface area contributed by atoms with E-state index < -0.39 is 0 Å². The summed E-state index contributed by atoms with van der Waals surface area (Å²) in [5, 5.41) is 0.715. The Morgan fingerprint density at radius 3 is 2.81 bits per heavy atom. The molecule has 2 aromatic carbocycles. The van der Waals surface area contributed by atoms with Gasteiger partial charge in [0.15, 0.2) is 11.5 Å². The highest BCUT2D eigenvalue weighted by Gasteiger charge is 2.39. The number of anilines is 2. The molecule has 0 bridgehead atoms. The van der Waals surface area contributed by atoms with Crippen LogP contribution >= 0.6 is 11.6 Å². The van der Waals surface area contributed by atoms with Crippen molar-refractivity contribution in [2.45, 2.75) is 18.6 Å². The number of H-pyrrole nitrogens is 1. The van der Waals surface area contributed by atoms with Crippen LogP contribution in [0.5, 0.6) is 0 Å². The number of nitrogens with two attached hydrogens (primary N) is 1. The average molecular weight is 515 g/mol. The summed E-state index contributed by atoms with van der Waals surface area (Å²) in [5.74, 6) is 1.21. The number of imidazole rings is 1. The Hall–Kier alpha value is -4.28. The first-order valence-corrected chi connectivity index (χ1v) is 12.1. The lowest BCUT2D eigenvalue weighted by atomic mass is 10.1. The maximum Gasteiger partial charge on any atom is 0.267 e. The van der Waals surface area contributed by atoms with Gasteiger partial charge in [-0.2, -0.15) is 9.97 Å². The van der Waals surface area contributed by atoms with Gasteiger partial charge in [-0.1, -0.05) is 41.9 Å². The second-order valence-corrected chi connectivity index (χ2v) is 9.14. The Labute approximate surface area is 216 Å². The number of halogens is 1. The van der Waals surface area contributed by atoms with Crippen LogP contribution in [0.3, 0.4) is 0 Å². The Bertz CT molecular complexity index is 1680. The molecule has 6 rings (SSSR count). The predicted molar refractivity (Wildman–Crippen MR) is 143 cm³/mol. The Balaban J connectivity index is 1.61. The molecule has 4 heterocycles. The lowest BCUT2D eigenvalue weighted by molar-refractivity contribution is 0.0882. The van der Waals surface area contributed by atoms with E-state index in [1.807, 2.05) is 35.2 Å². The second kappa shape index (κ2) is 9.30. The van der Waals surface area contributed by atoms with E-state index in [1.54, 1.807) is 35.2 Å². The van der Waals surface area contributed by atoms with Gasteiger partial charge in [0.25, 0.3) is 5.56 Å². The van der Waals surface area contributed by atoms with Crippen molar-refractivity contribution in [2.75, 3.05) is 23.8 Å². The number of nitrogen functional groups attached to an aromatic ring is 1. The molecule has 2 atom stereocenters. The van der Waals surface area contributed by atoms with Gasteiger partial charge in [0, 0.05) is 13.0 Å². The van der Waals surface area contributed by atoms with Gasteiger partial charge in [0.2, 0.25) is 5.95 Å². The molecule has 11 heteroatoms. The number of para-hydroxylation sites is 1. The van der Waals surface area contributed by atoms with Crippen LogP contribution in [0.1, 0.15) is 18.3 Å². The molecule has 0 aliphatic carbocycles. The maximum absolute atomic E-state index is 14.0. The van der Waals surface area contributed by atoms with Crippen LogP contribution in [0.15, 0.2) is 72.3 Å². The van der Waals surface area contributed by atoms with Crippen LogP contribution in [0, 0.1) is 0 Å². The summed E-state index contributed by atoms with van der Waals surface area (Å²) in [5.41, 5.74) is 8.10. The molecule has 1 saturated heterocycles. The molecule has 10 nitrogen and oxygen atoms in total. The number of benzene rings is 2. The van der Waals surface area contributed by atoms with Gasteiger partial charge in [-0.25, -0.2) is 9.97 Å². The van der Waals surface area contributed by atoms with Gasteiger partial charge < -0.3 is 20.4 Å². The first kappa shape index (κ1) is 23.1. The monoisotopic (exact) mass is 514 g/mol.